The van der Waals surface area contributed by atoms with E-state index in [1.165, 1.54) is 8.88 Å². The molecule has 1 aromatic rings. The summed E-state index contributed by atoms with van der Waals surface area (Å²) in [5.74, 6) is 0. The number of hydrogen-bond acceptors (Lipinski definition) is 4. The zero-order valence-corrected chi connectivity index (χ0v) is 16.7. The quantitative estimate of drug-likeness (QED) is 0.493. The van der Waals surface area contributed by atoms with E-state index < -0.39 is 20.0 Å². The highest BCUT2D eigenvalue weighted by atomic mass is 33.2. The summed E-state index contributed by atoms with van der Waals surface area (Å²) in [5.41, 5.74) is 1.12. The van der Waals surface area contributed by atoms with Gasteiger partial charge >= 0.3 is 0 Å². The van der Waals surface area contributed by atoms with Crippen molar-refractivity contribution in [2.45, 2.75) is 42.2 Å². The van der Waals surface area contributed by atoms with Gasteiger partial charge in [-0.1, -0.05) is 32.2 Å². The predicted octanol–water partition coefficient (Wildman–Crippen LogP) is 3.15. The van der Waals surface area contributed by atoms with Gasteiger partial charge in [0.15, 0.2) is 11.1 Å². The lowest BCUT2D eigenvalue weighted by atomic mass is 10.3. The number of quaternary nitrogens is 1. The molecule has 0 aromatic heterocycles. The fourth-order valence-corrected chi connectivity index (χ4v) is 14.2. The second-order valence-electron chi connectivity index (χ2n) is 5.19. The van der Waals surface area contributed by atoms with Crippen molar-refractivity contribution in [1.82, 2.24) is 4.05 Å². The normalized spacial score (nSPS) is 34.0. The predicted molar refractivity (Wildman–Crippen MR) is 100 cm³/mol. The van der Waals surface area contributed by atoms with Crippen LogP contribution in [0.15, 0.2) is 29.2 Å². The maximum atomic E-state index is 11.0. The summed E-state index contributed by atoms with van der Waals surface area (Å²) in [7, 11) is -1.06. The zero-order valence-electron chi connectivity index (χ0n) is 11.6. The number of hydroxylamine groups is 1. The summed E-state index contributed by atoms with van der Waals surface area (Å²) in [6.45, 7) is 6.69. The van der Waals surface area contributed by atoms with E-state index in [9.17, 15) is 5.21 Å². The zero-order chi connectivity index (χ0) is 15.1. The highest BCUT2D eigenvalue weighted by molar-refractivity contribution is 8.66. The van der Waals surface area contributed by atoms with Crippen molar-refractivity contribution in [3.05, 3.63) is 24.3 Å². The van der Waals surface area contributed by atoms with Crippen molar-refractivity contribution in [2.24, 2.45) is 0 Å². The number of rotatable bonds is 3. The molecule has 0 spiro atoms. The van der Waals surface area contributed by atoms with Crippen LogP contribution in [0, 0.1) is 0 Å². The van der Waals surface area contributed by atoms with Crippen LogP contribution < -0.4 is 4.05 Å². The van der Waals surface area contributed by atoms with Crippen molar-refractivity contribution in [2.75, 3.05) is 0 Å². The Bertz CT molecular complexity index is 662. The molecule has 0 fully saturated rings. The summed E-state index contributed by atoms with van der Waals surface area (Å²) >= 11 is 16.9. The second kappa shape index (κ2) is 6.08. The molecule has 1 N–H and O–H groups in total. The van der Waals surface area contributed by atoms with Gasteiger partial charge in [0.1, 0.15) is 0 Å². The van der Waals surface area contributed by atoms with Crippen LogP contribution in [-0.4, -0.2) is 19.4 Å². The number of fused-ring (bicyclic) bond motifs is 1. The van der Waals surface area contributed by atoms with Crippen LogP contribution in [0.1, 0.15) is 13.3 Å². The molecule has 0 bridgehead atoms. The molecule has 1 radical (unpaired) electrons. The van der Waals surface area contributed by atoms with E-state index in [1.54, 1.807) is 0 Å². The van der Waals surface area contributed by atoms with Crippen molar-refractivity contribution >= 4 is 65.7 Å². The smallest absolute Gasteiger partial charge is 0.165 e. The van der Waals surface area contributed by atoms with Gasteiger partial charge in [-0.05, 0) is 50.9 Å². The van der Waals surface area contributed by atoms with Gasteiger partial charge < -0.3 is 12.8 Å². The van der Waals surface area contributed by atoms with Gasteiger partial charge in [0.05, 0.1) is 13.7 Å². The fourth-order valence-electron chi connectivity index (χ4n) is 2.85. The Hall–Kier alpha value is 0.717. The fraction of sp³-hybridized carbons (Fsp3) is 0.500. The Morgan fingerprint density at radius 3 is 2.60 bits per heavy atom. The van der Waals surface area contributed by atoms with E-state index in [0.717, 1.165) is 17.0 Å². The van der Waals surface area contributed by atoms with E-state index in [-0.39, 0.29) is 5.37 Å². The average molecular weight is 381 g/mol. The second-order valence-corrected chi connectivity index (χ2v) is 16.2. The number of hydrogen-bond donors (Lipinski definition) is 1. The van der Waals surface area contributed by atoms with Crippen LogP contribution in [0.3, 0.4) is 0 Å². The average Bonchev–Trinajstić information content (AvgIpc) is 2.59. The van der Waals surface area contributed by atoms with E-state index in [0.29, 0.717) is 5.54 Å². The van der Waals surface area contributed by atoms with E-state index >= 15 is 0 Å². The third-order valence-electron chi connectivity index (χ3n) is 3.81. The van der Waals surface area contributed by atoms with Gasteiger partial charge in [0, 0.05) is 11.6 Å². The molecule has 1 aromatic carbocycles. The minimum absolute atomic E-state index is 0.152. The summed E-state index contributed by atoms with van der Waals surface area (Å²) in [5, 5.41) is 10.8. The molecule has 4 unspecified atom stereocenters. The van der Waals surface area contributed by atoms with Gasteiger partial charge in [0.25, 0.3) is 0 Å². The topological polar surface area (TPSA) is 20.2 Å². The first-order valence-electron chi connectivity index (χ1n) is 6.37. The molecular formula is C12H18NOS5Si. The van der Waals surface area contributed by atoms with E-state index in [4.69, 9.17) is 35.2 Å². The summed E-state index contributed by atoms with van der Waals surface area (Å²) in [6, 6.07) is 7.76. The largest absolute Gasteiger partial charge is 0.445 e. The highest BCUT2D eigenvalue weighted by Crippen LogP contribution is 2.48. The van der Waals surface area contributed by atoms with E-state index in [2.05, 4.69) is 20.0 Å². The Morgan fingerprint density at radius 1 is 1.50 bits per heavy atom. The van der Waals surface area contributed by atoms with Crippen LogP contribution in [0.4, 0.5) is 5.69 Å². The monoisotopic (exact) mass is 380 g/mol. The Kier molecular flexibility index (Phi) is 5.19. The molecule has 1 aliphatic heterocycles. The number of benzene rings is 1. The lowest BCUT2D eigenvalue weighted by Crippen LogP contribution is -2.52. The summed E-state index contributed by atoms with van der Waals surface area (Å²) in [4.78, 5) is 0.999. The lowest BCUT2D eigenvalue weighted by molar-refractivity contribution is 0.0139. The summed E-state index contributed by atoms with van der Waals surface area (Å²) in [6.07, 6.45) is 0.985. The molecule has 0 aliphatic carbocycles. The highest BCUT2D eigenvalue weighted by Gasteiger charge is 2.50. The van der Waals surface area contributed by atoms with Crippen LogP contribution >= 0.6 is 0 Å². The SMILES string of the molecule is CCC(C1[N+](O)([S-])c2ccccc2S1(=S)=S=S)[Si](C)C. The molecule has 20 heavy (non-hydrogen) atoms. The molecule has 1 heterocycles. The van der Waals surface area contributed by atoms with Gasteiger partial charge in [-0.3, -0.25) is 0 Å². The summed E-state index contributed by atoms with van der Waals surface area (Å²) < 4.78 is -0.507. The molecule has 0 saturated carbocycles. The van der Waals surface area contributed by atoms with E-state index in [1.807, 2.05) is 24.3 Å². The van der Waals surface area contributed by atoms with Crippen LogP contribution in [-0.2, 0) is 51.2 Å². The van der Waals surface area contributed by atoms with Crippen molar-refractivity contribution in [3.63, 3.8) is 0 Å². The Morgan fingerprint density at radius 2 is 2.10 bits per heavy atom. The molecule has 0 saturated heterocycles. The van der Waals surface area contributed by atoms with Gasteiger partial charge in [-0.2, -0.15) is 0 Å². The minimum atomic E-state index is -1.75. The Balaban J connectivity index is 2.77. The maximum absolute atomic E-state index is 11.0. The van der Waals surface area contributed by atoms with Crippen LogP contribution in [0.5, 0.6) is 0 Å². The third-order valence-corrected chi connectivity index (χ3v) is 15.4. The number of para-hydroxylation sites is 1. The minimum Gasteiger partial charge on any atom is -0.445 e. The molecule has 111 valence electrons. The molecule has 1 aliphatic rings. The Labute approximate surface area is 140 Å². The van der Waals surface area contributed by atoms with Gasteiger partial charge in [0.2, 0.25) is 0 Å². The molecule has 2 rings (SSSR count). The molecule has 4 atom stereocenters. The maximum Gasteiger partial charge on any atom is 0.165 e. The van der Waals surface area contributed by atoms with Crippen molar-refractivity contribution in [1.29, 1.82) is 0 Å². The molecular weight excluding hydrogens is 363 g/mol. The van der Waals surface area contributed by atoms with Gasteiger partial charge in [-0.25, -0.2) is 9.26 Å². The first-order chi connectivity index (χ1) is 9.30. The molecule has 2 nitrogen and oxygen atoms in total. The number of nitrogens with zero attached hydrogens (tertiary/aromatic N) is 1. The van der Waals surface area contributed by atoms with Crippen LogP contribution in [0.25, 0.3) is 0 Å². The standard InChI is InChI=1S/C12H18NOS5Si/c1-4-11(20(2)3)12-13(14,15)9-7-5-6-8-10(9)19(12,17)18-16/h5-8,11-12,14H,4H2,1-3H3. The van der Waals surface area contributed by atoms with Crippen molar-refractivity contribution < 1.29 is 5.21 Å². The van der Waals surface area contributed by atoms with Crippen molar-refractivity contribution in [3.8, 4) is 0 Å². The molecule has 0 amide bonds. The molecule has 8 heteroatoms. The first-order valence-corrected chi connectivity index (χ1v) is 14.2. The van der Waals surface area contributed by atoms with Crippen LogP contribution in [0.2, 0.25) is 18.6 Å². The third kappa shape index (κ3) is 2.48. The van der Waals surface area contributed by atoms with Gasteiger partial charge in [-0.15, -0.1) is 0 Å². The first kappa shape index (κ1) is 17.1. The lowest BCUT2D eigenvalue weighted by Gasteiger charge is -2.42.